The first-order valence-corrected chi connectivity index (χ1v) is 15.8. The number of aliphatic hydroxyl groups is 1. The molecular weight excluding hydrogens is 645 g/mol. The van der Waals surface area contributed by atoms with Crippen LogP contribution in [-0.4, -0.2) is 48.1 Å². The molecule has 0 radical (unpaired) electrons. The average molecular weight is 669 g/mol. The zero-order valence-corrected chi connectivity index (χ0v) is 26.3. The number of thioether (sulfide) groups is 1. The quantitative estimate of drug-likeness (QED) is 0.0601. The summed E-state index contributed by atoms with van der Waals surface area (Å²) in [6.45, 7) is 3.75. The number of phenolic OH excluding ortho intramolecular Hbond substituents is 1. The maximum atomic E-state index is 13.7. The third-order valence-electron chi connectivity index (χ3n) is 6.94. The number of benzene rings is 2. The van der Waals surface area contributed by atoms with Crippen molar-refractivity contribution in [3.05, 3.63) is 98.9 Å². The molecule has 0 spiro atoms. The lowest BCUT2D eigenvalue weighted by molar-refractivity contribution is -0.132. The SMILES string of the molecule is CCOc1cc(C2C(=C(O)c3c(C)nc4ccccn34)C(=O)C(=O)N2c2nnc(SCc3ccc(Cl)cc3Cl)s2)ccc1O. The minimum absolute atomic E-state index is 0.111. The van der Waals surface area contributed by atoms with Gasteiger partial charge in [-0.25, -0.2) is 4.98 Å². The molecule has 3 aromatic heterocycles. The van der Waals surface area contributed by atoms with E-state index >= 15 is 0 Å². The third-order valence-corrected chi connectivity index (χ3v) is 9.63. The molecule has 1 amide bonds. The van der Waals surface area contributed by atoms with Crippen molar-refractivity contribution in [1.29, 1.82) is 0 Å². The number of hydrogen-bond donors (Lipinski definition) is 2. The summed E-state index contributed by atoms with van der Waals surface area (Å²) < 4.78 is 7.78. The molecule has 1 atom stereocenters. The van der Waals surface area contributed by atoms with Gasteiger partial charge in [0.05, 0.1) is 23.9 Å². The highest BCUT2D eigenvalue weighted by Gasteiger charge is 2.49. The van der Waals surface area contributed by atoms with Gasteiger partial charge in [0.15, 0.2) is 21.6 Å². The van der Waals surface area contributed by atoms with E-state index in [1.165, 1.54) is 28.8 Å². The van der Waals surface area contributed by atoms with Crippen LogP contribution >= 0.6 is 46.3 Å². The van der Waals surface area contributed by atoms with E-state index in [-0.39, 0.29) is 34.5 Å². The molecule has 0 saturated carbocycles. The molecule has 1 aliphatic rings. The lowest BCUT2D eigenvalue weighted by Gasteiger charge is -2.23. The lowest BCUT2D eigenvalue weighted by atomic mass is 9.96. The summed E-state index contributed by atoms with van der Waals surface area (Å²) in [6, 6.07) is 14.0. The van der Waals surface area contributed by atoms with E-state index in [0.717, 1.165) is 16.9 Å². The van der Waals surface area contributed by atoms with Crippen molar-refractivity contribution in [3.63, 3.8) is 0 Å². The number of ether oxygens (including phenoxy) is 1. The number of Topliss-reactive ketones (excluding diaryl/α,β-unsaturated/α-hetero) is 1. The first kappa shape index (κ1) is 29.9. The molecule has 2 N–H and O–H groups in total. The summed E-state index contributed by atoms with van der Waals surface area (Å²) in [5, 5.41) is 31.8. The molecule has 10 nitrogen and oxygen atoms in total. The Kier molecular flexibility index (Phi) is 8.25. The van der Waals surface area contributed by atoms with Gasteiger partial charge in [-0.2, -0.15) is 0 Å². The Labute approximate surface area is 269 Å². The van der Waals surface area contributed by atoms with Crippen molar-refractivity contribution in [3.8, 4) is 11.5 Å². The predicted molar refractivity (Wildman–Crippen MR) is 170 cm³/mol. The number of carbonyl (C=O) groups excluding carboxylic acids is 2. The number of rotatable bonds is 8. The molecule has 1 saturated heterocycles. The summed E-state index contributed by atoms with van der Waals surface area (Å²) in [5.74, 6) is -1.66. The Balaban J connectivity index is 1.46. The van der Waals surface area contributed by atoms with Crippen molar-refractivity contribution in [1.82, 2.24) is 19.6 Å². The van der Waals surface area contributed by atoms with Crippen LogP contribution in [0.2, 0.25) is 10.0 Å². The number of carbonyl (C=O) groups is 2. The van der Waals surface area contributed by atoms with Crippen molar-refractivity contribution >= 4 is 74.5 Å². The molecule has 2 aromatic carbocycles. The number of fused-ring (bicyclic) bond motifs is 1. The first-order chi connectivity index (χ1) is 21.2. The number of pyridine rings is 1. The smallest absolute Gasteiger partial charge is 0.301 e. The van der Waals surface area contributed by atoms with Gasteiger partial charge < -0.3 is 14.9 Å². The Morgan fingerprint density at radius 3 is 2.70 bits per heavy atom. The molecule has 0 bridgehead atoms. The first-order valence-electron chi connectivity index (χ1n) is 13.3. The molecule has 1 unspecified atom stereocenters. The number of anilines is 1. The molecule has 224 valence electrons. The Morgan fingerprint density at radius 1 is 1.11 bits per heavy atom. The number of imidazole rings is 1. The van der Waals surface area contributed by atoms with Gasteiger partial charge in [0.2, 0.25) is 5.13 Å². The van der Waals surface area contributed by atoms with Crippen LogP contribution in [0.25, 0.3) is 11.4 Å². The van der Waals surface area contributed by atoms with Crippen molar-refractivity contribution in [2.75, 3.05) is 11.5 Å². The Morgan fingerprint density at radius 2 is 1.93 bits per heavy atom. The molecule has 14 heteroatoms. The van der Waals surface area contributed by atoms with Crippen LogP contribution in [0.1, 0.15) is 35.5 Å². The summed E-state index contributed by atoms with van der Waals surface area (Å²) in [7, 11) is 0. The van der Waals surface area contributed by atoms with Crippen LogP contribution in [0.3, 0.4) is 0 Å². The summed E-state index contributed by atoms with van der Waals surface area (Å²) in [5.41, 5.74) is 2.40. The maximum Gasteiger partial charge on any atom is 0.301 e. The monoisotopic (exact) mass is 667 g/mol. The lowest BCUT2D eigenvalue weighted by Crippen LogP contribution is -2.29. The average Bonchev–Trinajstić information content (AvgIpc) is 3.67. The molecule has 6 rings (SSSR count). The van der Waals surface area contributed by atoms with Gasteiger partial charge >= 0.3 is 5.91 Å². The second-order valence-electron chi connectivity index (χ2n) is 9.68. The number of phenols is 1. The van der Waals surface area contributed by atoms with E-state index in [4.69, 9.17) is 27.9 Å². The normalized spacial score (nSPS) is 16.3. The Hall–Kier alpha value is -4.10. The van der Waals surface area contributed by atoms with Gasteiger partial charge in [-0.3, -0.25) is 18.9 Å². The van der Waals surface area contributed by atoms with Crippen LogP contribution in [0.4, 0.5) is 5.13 Å². The van der Waals surface area contributed by atoms with E-state index in [1.54, 1.807) is 54.8 Å². The van der Waals surface area contributed by atoms with Crippen LogP contribution in [0.5, 0.6) is 11.5 Å². The van der Waals surface area contributed by atoms with Gasteiger partial charge in [0, 0.05) is 22.0 Å². The fourth-order valence-corrected chi connectivity index (χ4v) is 7.41. The fourth-order valence-electron chi connectivity index (χ4n) is 4.98. The number of aliphatic hydroxyl groups excluding tert-OH is 1. The van der Waals surface area contributed by atoms with Gasteiger partial charge in [-0.05, 0) is 61.4 Å². The minimum atomic E-state index is -1.11. The highest BCUT2D eigenvalue weighted by molar-refractivity contribution is 8.00. The Bertz CT molecular complexity index is 1970. The third kappa shape index (κ3) is 5.38. The number of hydrogen-bond acceptors (Lipinski definition) is 10. The minimum Gasteiger partial charge on any atom is -0.505 e. The van der Waals surface area contributed by atoms with Crippen molar-refractivity contribution in [2.45, 2.75) is 30.0 Å². The fraction of sp³-hybridized carbons (Fsp3) is 0.167. The molecule has 5 aromatic rings. The zero-order valence-electron chi connectivity index (χ0n) is 23.2. The number of nitrogens with zero attached hydrogens (tertiary/aromatic N) is 5. The van der Waals surface area contributed by atoms with Crippen LogP contribution in [0.15, 0.2) is 70.7 Å². The number of halogens is 2. The van der Waals surface area contributed by atoms with E-state index in [0.29, 0.717) is 37.0 Å². The van der Waals surface area contributed by atoms with Crippen molar-refractivity contribution in [2.24, 2.45) is 0 Å². The molecule has 44 heavy (non-hydrogen) atoms. The number of amides is 1. The highest BCUT2D eigenvalue weighted by atomic mass is 35.5. The summed E-state index contributed by atoms with van der Waals surface area (Å²) in [4.78, 5) is 33.1. The summed E-state index contributed by atoms with van der Waals surface area (Å²) >= 11 is 14.8. The van der Waals surface area contributed by atoms with Gasteiger partial charge in [0.25, 0.3) is 5.78 Å². The molecule has 1 fully saturated rings. The van der Waals surface area contributed by atoms with Gasteiger partial charge in [0.1, 0.15) is 11.3 Å². The van der Waals surface area contributed by atoms with Crippen molar-refractivity contribution < 1.29 is 24.5 Å². The number of ketones is 1. The van der Waals surface area contributed by atoms with Crippen LogP contribution < -0.4 is 9.64 Å². The van der Waals surface area contributed by atoms with Crippen LogP contribution in [-0.2, 0) is 15.3 Å². The van der Waals surface area contributed by atoms with E-state index in [2.05, 4.69) is 15.2 Å². The number of aromatic hydroxyl groups is 1. The molecular formula is C30H23Cl2N5O5S2. The maximum absolute atomic E-state index is 13.7. The van der Waals surface area contributed by atoms with E-state index in [9.17, 15) is 19.8 Å². The number of aryl methyl sites for hydroxylation is 1. The zero-order chi connectivity index (χ0) is 31.1. The highest BCUT2D eigenvalue weighted by Crippen LogP contribution is 2.46. The standard InChI is InChI=1S/C30H23Cl2N5O5S2/c1-3-42-21-12-16(8-10-20(21)38)25-23(26(39)24-15(2)33-22-6-4-5-11-36(22)24)27(40)28(41)37(25)29-34-35-30(44-29)43-14-17-7-9-18(31)13-19(17)32/h4-13,25,38-39H,3,14H2,1-2H3. The second kappa shape index (κ2) is 12.1. The van der Waals surface area contributed by atoms with E-state index in [1.807, 2.05) is 12.1 Å². The van der Waals surface area contributed by atoms with E-state index < -0.39 is 23.5 Å². The second-order valence-corrected chi connectivity index (χ2v) is 12.7. The number of aromatic nitrogens is 4. The van der Waals surface area contributed by atoms with Gasteiger partial charge in [-0.1, -0.05) is 64.5 Å². The largest absolute Gasteiger partial charge is 0.505 e. The topological polar surface area (TPSA) is 130 Å². The summed E-state index contributed by atoms with van der Waals surface area (Å²) in [6.07, 6.45) is 1.71. The molecule has 1 aliphatic heterocycles. The molecule has 0 aliphatic carbocycles. The van der Waals surface area contributed by atoms with Crippen LogP contribution in [0, 0.1) is 6.92 Å². The predicted octanol–water partition coefficient (Wildman–Crippen LogP) is 6.82. The molecule has 4 heterocycles. The van der Waals surface area contributed by atoms with Gasteiger partial charge in [-0.15, -0.1) is 10.2 Å².